The van der Waals surface area contributed by atoms with E-state index in [0.29, 0.717) is 0 Å². The maximum absolute atomic E-state index is 11.7. The highest BCUT2D eigenvalue weighted by atomic mass is 16.2. The lowest BCUT2D eigenvalue weighted by Gasteiger charge is -2.34. The van der Waals surface area contributed by atoms with Crippen molar-refractivity contribution in [1.82, 2.24) is 10.2 Å². The van der Waals surface area contributed by atoms with Crippen LogP contribution in [0.15, 0.2) is 0 Å². The molecule has 4 nitrogen and oxygen atoms in total. The molecular weight excluding hydrogens is 168 g/mol. The molecule has 13 heavy (non-hydrogen) atoms. The Morgan fingerprint density at radius 2 is 1.92 bits per heavy atom. The third-order valence-corrected chi connectivity index (χ3v) is 2.86. The predicted octanol–water partition coefficient (Wildman–Crippen LogP) is 0.725. The maximum atomic E-state index is 11.7. The highest BCUT2D eigenvalue weighted by Crippen LogP contribution is 2.30. The molecule has 0 radical (unpaired) electrons. The summed E-state index contributed by atoms with van der Waals surface area (Å²) < 4.78 is 0. The lowest BCUT2D eigenvalue weighted by Crippen LogP contribution is -2.58. The summed E-state index contributed by atoms with van der Waals surface area (Å²) in [4.78, 5) is 24.5. The zero-order chi connectivity index (χ0) is 9.59. The van der Waals surface area contributed by atoms with E-state index in [1.165, 1.54) is 4.90 Å². The zero-order valence-electron chi connectivity index (χ0n) is 7.91. The van der Waals surface area contributed by atoms with Crippen LogP contribution >= 0.6 is 0 Å². The van der Waals surface area contributed by atoms with Gasteiger partial charge in [0.1, 0.15) is 0 Å². The van der Waals surface area contributed by atoms with Gasteiger partial charge in [0.25, 0.3) is 0 Å². The summed E-state index contributed by atoms with van der Waals surface area (Å²) in [5.74, 6) is -0.1000. The first-order valence-corrected chi connectivity index (χ1v) is 4.75. The van der Waals surface area contributed by atoms with Crippen molar-refractivity contribution in [1.29, 1.82) is 0 Å². The molecule has 3 amide bonds. The van der Waals surface area contributed by atoms with Gasteiger partial charge in [-0.25, -0.2) is 4.79 Å². The van der Waals surface area contributed by atoms with E-state index in [4.69, 9.17) is 0 Å². The molecule has 2 aliphatic rings. The van der Waals surface area contributed by atoms with Gasteiger partial charge in [-0.1, -0.05) is 6.92 Å². The number of nitrogens with zero attached hydrogens (tertiary/aromatic N) is 1. The molecule has 1 N–H and O–H groups in total. The molecule has 0 aromatic carbocycles. The number of rotatable bonds is 1. The molecule has 1 heterocycles. The molecule has 0 aromatic heterocycles. The van der Waals surface area contributed by atoms with E-state index in [1.807, 2.05) is 13.8 Å². The fourth-order valence-corrected chi connectivity index (χ4v) is 1.60. The summed E-state index contributed by atoms with van der Waals surface area (Å²) in [5, 5.41) is 2.80. The monoisotopic (exact) mass is 182 g/mol. The topological polar surface area (TPSA) is 49.4 Å². The molecular formula is C9H14N2O2. The lowest BCUT2D eigenvalue weighted by atomic mass is 10.00. The van der Waals surface area contributed by atoms with E-state index >= 15 is 0 Å². The third kappa shape index (κ3) is 1.30. The molecule has 0 bridgehead atoms. The Balaban J connectivity index is 2.17. The van der Waals surface area contributed by atoms with Crippen molar-refractivity contribution in [2.24, 2.45) is 5.92 Å². The molecule has 2 atom stereocenters. The van der Waals surface area contributed by atoms with E-state index in [9.17, 15) is 9.59 Å². The van der Waals surface area contributed by atoms with E-state index in [2.05, 4.69) is 5.32 Å². The molecule has 4 heteroatoms. The summed E-state index contributed by atoms with van der Waals surface area (Å²) in [7, 11) is 0. The number of amides is 3. The normalized spacial score (nSPS) is 34.8. The van der Waals surface area contributed by atoms with Gasteiger partial charge in [0.05, 0.1) is 5.92 Å². The highest BCUT2D eigenvalue weighted by Gasteiger charge is 2.43. The van der Waals surface area contributed by atoms with Crippen LogP contribution in [0.25, 0.3) is 0 Å². The fraction of sp³-hybridized carbons (Fsp3) is 0.778. The number of carbonyl (C=O) groups is 2. The van der Waals surface area contributed by atoms with Gasteiger partial charge in [-0.2, -0.15) is 0 Å². The van der Waals surface area contributed by atoms with Gasteiger partial charge < -0.3 is 5.32 Å². The molecule has 72 valence electrons. The molecule has 2 fully saturated rings. The standard InChI is InChI=1S/C9H14N2O2/c1-5-6(2)10-9(13)11(8(5)12)7-3-4-7/h5-7H,3-4H2,1-2H3,(H,10,13). The average molecular weight is 182 g/mol. The smallest absolute Gasteiger partial charge is 0.324 e. The number of hydrogen-bond acceptors (Lipinski definition) is 2. The van der Waals surface area contributed by atoms with Crippen LogP contribution in [0.2, 0.25) is 0 Å². The van der Waals surface area contributed by atoms with Gasteiger partial charge in [0.15, 0.2) is 0 Å². The third-order valence-electron chi connectivity index (χ3n) is 2.86. The van der Waals surface area contributed by atoms with Crippen LogP contribution in [-0.2, 0) is 4.79 Å². The molecule has 2 unspecified atom stereocenters. The number of nitrogens with one attached hydrogen (secondary N) is 1. The zero-order valence-corrected chi connectivity index (χ0v) is 7.91. The van der Waals surface area contributed by atoms with Gasteiger partial charge in [-0.15, -0.1) is 0 Å². The molecule has 0 aromatic rings. The lowest BCUT2D eigenvalue weighted by molar-refractivity contribution is -0.134. The van der Waals surface area contributed by atoms with Crippen molar-refractivity contribution in [3.8, 4) is 0 Å². The second kappa shape index (κ2) is 2.72. The molecule has 0 spiro atoms. The van der Waals surface area contributed by atoms with Crippen LogP contribution in [0.5, 0.6) is 0 Å². The van der Waals surface area contributed by atoms with Gasteiger partial charge in [0, 0.05) is 12.1 Å². The van der Waals surface area contributed by atoms with Crippen molar-refractivity contribution < 1.29 is 9.59 Å². The van der Waals surface area contributed by atoms with E-state index in [0.717, 1.165) is 12.8 Å². The average Bonchev–Trinajstić information content (AvgIpc) is 2.84. The Bertz CT molecular complexity index is 260. The van der Waals surface area contributed by atoms with E-state index in [1.54, 1.807) is 0 Å². The van der Waals surface area contributed by atoms with Crippen molar-refractivity contribution in [2.45, 2.75) is 38.8 Å². The summed E-state index contributed by atoms with van der Waals surface area (Å²) in [5.41, 5.74) is 0. The van der Waals surface area contributed by atoms with Crippen molar-refractivity contribution in [3.63, 3.8) is 0 Å². The molecule has 1 aliphatic heterocycles. The number of hydrogen-bond donors (Lipinski definition) is 1. The van der Waals surface area contributed by atoms with Crippen LogP contribution in [0, 0.1) is 5.92 Å². The predicted molar refractivity (Wildman–Crippen MR) is 47.0 cm³/mol. The van der Waals surface area contributed by atoms with E-state index in [-0.39, 0.29) is 29.9 Å². The first kappa shape index (κ1) is 8.53. The van der Waals surface area contributed by atoms with Gasteiger partial charge in [-0.3, -0.25) is 9.69 Å². The minimum Gasteiger partial charge on any atom is -0.334 e. The minimum atomic E-state index is -0.210. The first-order valence-electron chi connectivity index (χ1n) is 4.75. The maximum Gasteiger partial charge on any atom is 0.324 e. The number of imide groups is 1. The van der Waals surface area contributed by atoms with Crippen molar-refractivity contribution in [2.75, 3.05) is 0 Å². The Kier molecular flexibility index (Phi) is 1.78. The van der Waals surface area contributed by atoms with Crippen LogP contribution < -0.4 is 5.32 Å². The molecule has 1 saturated carbocycles. The summed E-state index contributed by atoms with van der Waals surface area (Å²) in [6.45, 7) is 3.73. The van der Waals surface area contributed by atoms with Crippen LogP contribution in [0.1, 0.15) is 26.7 Å². The van der Waals surface area contributed by atoms with Gasteiger partial charge in [0.2, 0.25) is 5.91 Å². The summed E-state index contributed by atoms with van der Waals surface area (Å²) in [6, 6.07) is -0.0597. The Morgan fingerprint density at radius 1 is 1.31 bits per heavy atom. The number of urea groups is 1. The second-order valence-corrected chi connectivity index (χ2v) is 3.97. The van der Waals surface area contributed by atoms with Crippen molar-refractivity contribution in [3.05, 3.63) is 0 Å². The SMILES string of the molecule is CC1NC(=O)N(C2CC2)C(=O)C1C. The minimum absolute atomic E-state index is 0.0150. The highest BCUT2D eigenvalue weighted by molar-refractivity contribution is 5.99. The van der Waals surface area contributed by atoms with E-state index < -0.39 is 0 Å². The largest absolute Gasteiger partial charge is 0.334 e. The molecule has 1 saturated heterocycles. The Hall–Kier alpha value is -1.06. The number of carbonyl (C=O) groups excluding carboxylic acids is 2. The second-order valence-electron chi connectivity index (χ2n) is 3.97. The molecule has 2 rings (SSSR count). The quantitative estimate of drug-likeness (QED) is 0.649. The van der Waals surface area contributed by atoms with Crippen LogP contribution in [-0.4, -0.2) is 28.9 Å². The van der Waals surface area contributed by atoms with Gasteiger partial charge >= 0.3 is 6.03 Å². The van der Waals surface area contributed by atoms with Crippen LogP contribution in [0.4, 0.5) is 4.79 Å². The summed E-state index contributed by atoms with van der Waals surface area (Å²) in [6.07, 6.45) is 1.94. The Labute approximate surface area is 77.3 Å². The first-order chi connectivity index (χ1) is 6.11. The van der Waals surface area contributed by atoms with Gasteiger partial charge in [-0.05, 0) is 19.8 Å². The fourth-order valence-electron chi connectivity index (χ4n) is 1.60. The van der Waals surface area contributed by atoms with Crippen LogP contribution in [0.3, 0.4) is 0 Å². The summed E-state index contributed by atoms with van der Waals surface area (Å²) >= 11 is 0. The van der Waals surface area contributed by atoms with Crippen molar-refractivity contribution >= 4 is 11.9 Å². The molecule has 1 aliphatic carbocycles. The Morgan fingerprint density at radius 3 is 2.46 bits per heavy atom.